The molecule has 2 aromatic carbocycles. The average Bonchev–Trinajstić information content (AvgIpc) is 2.86. The highest BCUT2D eigenvalue weighted by molar-refractivity contribution is 7.13. The molecule has 1 heterocycles. The molecule has 1 nitrogen and oxygen atoms in total. The molecule has 19 heavy (non-hydrogen) atoms. The van der Waals surface area contributed by atoms with Crippen molar-refractivity contribution in [2.75, 3.05) is 0 Å². The molecule has 0 amide bonds. The Morgan fingerprint density at radius 3 is 2.26 bits per heavy atom. The van der Waals surface area contributed by atoms with E-state index in [4.69, 9.17) is 0 Å². The van der Waals surface area contributed by atoms with Crippen LogP contribution in [0.25, 0.3) is 21.6 Å². The Morgan fingerprint density at radius 2 is 1.58 bits per heavy atom. The fourth-order valence-corrected chi connectivity index (χ4v) is 2.97. The van der Waals surface area contributed by atoms with Gasteiger partial charge in [-0.25, -0.2) is 4.98 Å². The number of rotatable bonds is 2. The van der Waals surface area contributed by atoms with Gasteiger partial charge in [-0.05, 0) is 36.6 Å². The third-order valence-electron chi connectivity index (χ3n) is 3.26. The van der Waals surface area contributed by atoms with Crippen molar-refractivity contribution >= 4 is 11.3 Å². The molecule has 0 saturated heterocycles. The van der Waals surface area contributed by atoms with Gasteiger partial charge in [-0.2, -0.15) is 0 Å². The topological polar surface area (TPSA) is 12.9 Å². The summed E-state index contributed by atoms with van der Waals surface area (Å²) in [6.45, 7) is 4.17. The highest BCUT2D eigenvalue weighted by atomic mass is 32.1. The maximum Gasteiger partial charge on any atom is 0.0801 e. The first kappa shape index (κ1) is 12.1. The van der Waals surface area contributed by atoms with Crippen LogP contribution in [0.3, 0.4) is 0 Å². The first-order chi connectivity index (χ1) is 9.24. The van der Waals surface area contributed by atoms with Crippen molar-refractivity contribution in [1.29, 1.82) is 0 Å². The molecule has 0 bridgehead atoms. The number of hydrogen-bond acceptors (Lipinski definition) is 2. The Morgan fingerprint density at radius 1 is 0.842 bits per heavy atom. The Labute approximate surface area is 117 Å². The van der Waals surface area contributed by atoms with Gasteiger partial charge >= 0.3 is 0 Å². The van der Waals surface area contributed by atoms with Crippen LogP contribution in [0, 0.1) is 13.8 Å². The van der Waals surface area contributed by atoms with Crippen LogP contribution in [0.1, 0.15) is 11.3 Å². The lowest BCUT2D eigenvalue weighted by Crippen LogP contribution is -1.82. The Bertz CT molecular complexity index is 695. The Kier molecular flexibility index (Phi) is 3.18. The second-order valence-corrected chi connectivity index (χ2v) is 5.57. The minimum Gasteiger partial charge on any atom is -0.249 e. The first-order valence-corrected chi connectivity index (χ1v) is 7.19. The van der Waals surface area contributed by atoms with Crippen molar-refractivity contribution in [1.82, 2.24) is 4.98 Å². The number of aromatic nitrogens is 1. The maximum absolute atomic E-state index is 4.33. The van der Waals surface area contributed by atoms with E-state index < -0.39 is 0 Å². The predicted molar refractivity (Wildman–Crippen MR) is 82.5 cm³/mol. The molecule has 0 aliphatic rings. The van der Waals surface area contributed by atoms with Gasteiger partial charge in [0.05, 0.1) is 16.1 Å². The molecule has 2 heteroatoms. The van der Waals surface area contributed by atoms with Gasteiger partial charge in [-0.3, -0.25) is 0 Å². The summed E-state index contributed by atoms with van der Waals surface area (Å²) >= 11 is 1.70. The highest BCUT2D eigenvalue weighted by Gasteiger charge is 2.06. The van der Waals surface area contributed by atoms with E-state index in [1.807, 2.05) is 5.51 Å². The largest absolute Gasteiger partial charge is 0.249 e. The standard InChI is InChI=1S/C17H15NS/c1-12-6-8-14(9-7-12)15-4-3-5-16(10-15)17-13(2)18-11-19-17/h3-11H,1-2H3. The van der Waals surface area contributed by atoms with Crippen LogP contribution >= 0.6 is 11.3 Å². The van der Waals surface area contributed by atoms with Crippen LogP contribution in [-0.2, 0) is 0 Å². The van der Waals surface area contributed by atoms with Gasteiger partial charge in [0.25, 0.3) is 0 Å². The van der Waals surface area contributed by atoms with Gasteiger partial charge in [0.2, 0.25) is 0 Å². The summed E-state index contributed by atoms with van der Waals surface area (Å²) in [5.74, 6) is 0. The van der Waals surface area contributed by atoms with Crippen molar-refractivity contribution in [3.8, 4) is 21.6 Å². The summed E-state index contributed by atoms with van der Waals surface area (Å²) in [4.78, 5) is 5.58. The minimum absolute atomic E-state index is 1.10. The van der Waals surface area contributed by atoms with Gasteiger partial charge in [-0.1, -0.05) is 48.0 Å². The number of nitrogens with zero attached hydrogens (tertiary/aromatic N) is 1. The van der Waals surface area contributed by atoms with E-state index in [-0.39, 0.29) is 0 Å². The van der Waals surface area contributed by atoms with E-state index >= 15 is 0 Å². The maximum atomic E-state index is 4.33. The average molecular weight is 265 g/mol. The summed E-state index contributed by atoms with van der Waals surface area (Å²) in [6, 6.07) is 17.3. The first-order valence-electron chi connectivity index (χ1n) is 6.31. The molecule has 0 N–H and O–H groups in total. The molecular weight excluding hydrogens is 250 g/mol. The van der Waals surface area contributed by atoms with Crippen LogP contribution in [0.4, 0.5) is 0 Å². The molecule has 0 unspecified atom stereocenters. The molecule has 94 valence electrons. The van der Waals surface area contributed by atoms with E-state index in [1.165, 1.54) is 27.1 Å². The molecule has 3 rings (SSSR count). The van der Waals surface area contributed by atoms with Crippen molar-refractivity contribution < 1.29 is 0 Å². The zero-order valence-corrected chi connectivity index (χ0v) is 11.9. The molecular formula is C17H15NS. The Hall–Kier alpha value is -1.93. The quantitative estimate of drug-likeness (QED) is 0.628. The van der Waals surface area contributed by atoms with Crippen molar-refractivity contribution in [3.05, 3.63) is 65.3 Å². The zero-order chi connectivity index (χ0) is 13.2. The summed E-state index contributed by atoms with van der Waals surface area (Å²) in [6.07, 6.45) is 0. The van der Waals surface area contributed by atoms with E-state index in [2.05, 4.69) is 67.4 Å². The third kappa shape index (κ3) is 2.45. The Balaban J connectivity index is 2.05. The second kappa shape index (κ2) is 4.98. The number of aryl methyl sites for hydroxylation is 2. The van der Waals surface area contributed by atoms with Gasteiger partial charge in [0, 0.05) is 0 Å². The van der Waals surface area contributed by atoms with Gasteiger partial charge in [0.1, 0.15) is 0 Å². The van der Waals surface area contributed by atoms with Crippen LogP contribution in [0.5, 0.6) is 0 Å². The lowest BCUT2D eigenvalue weighted by Gasteiger charge is -2.05. The second-order valence-electron chi connectivity index (χ2n) is 4.71. The van der Waals surface area contributed by atoms with E-state index in [9.17, 15) is 0 Å². The van der Waals surface area contributed by atoms with Crippen molar-refractivity contribution in [2.24, 2.45) is 0 Å². The van der Waals surface area contributed by atoms with Crippen LogP contribution in [0.2, 0.25) is 0 Å². The number of hydrogen-bond donors (Lipinski definition) is 0. The zero-order valence-electron chi connectivity index (χ0n) is 11.1. The minimum atomic E-state index is 1.10. The highest BCUT2D eigenvalue weighted by Crippen LogP contribution is 2.30. The van der Waals surface area contributed by atoms with Gasteiger partial charge < -0.3 is 0 Å². The fraction of sp³-hybridized carbons (Fsp3) is 0.118. The third-order valence-corrected chi connectivity index (χ3v) is 4.23. The lowest BCUT2D eigenvalue weighted by molar-refractivity contribution is 1.27. The number of thiazole rings is 1. The summed E-state index contributed by atoms with van der Waals surface area (Å²) in [7, 11) is 0. The SMILES string of the molecule is Cc1ccc(-c2cccc(-c3scnc3C)c2)cc1. The van der Waals surface area contributed by atoms with Crippen LogP contribution < -0.4 is 0 Å². The van der Waals surface area contributed by atoms with Crippen molar-refractivity contribution in [2.45, 2.75) is 13.8 Å². The molecule has 0 atom stereocenters. The van der Waals surface area contributed by atoms with Gasteiger partial charge in [0.15, 0.2) is 0 Å². The molecule has 0 radical (unpaired) electrons. The molecule has 0 spiro atoms. The summed E-state index contributed by atoms with van der Waals surface area (Å²) in [5.41, 5.74) is 8.06. The smallest absolute Gasteiger partial charge is 0.0801 e. The molecule has 3 aromatic rings. The molecule has 0 saturated carbocycles. The van der Waals surface area contributed by atoms with Crippen LogP contribution in [-0.4, -0.2) is 4.98 Å². The molecule has 1 aromatic heterocycles. The predicted octanol–water partition coefficient (Wildman–Crippen LogP) is 5.09. The lowest BCUT2D eigenvalue weighted by atomic mass is 10.0. The van der Waals surface area contributed by atoms with Crippen molar-refractivity contribution in [3.63, 3.8) is 0 Å². The van der Waals surface area contributed by atoms with E-state index in [0.29, 0.717) is 0 Å². The number of benzene rings is 2. The molecule has 0 fully saturated rings. The molecule has 0 aliphatic heterocycles. The van der Waals surface area contributed by atoms with Gasteiger partial charge in [-0.15, -0.1) is 11.3 Å². The fourth-order valence-electron chi connectivity index (χ4n) is 2.16. The monoisotopic (exact) mass is 265 g/mol. The normalized spacial score (nSPS) is 10.6. The summed E-state index contributed by atoms with van der Waals surface area (Å²) in [5, 5.41) is 0. The van der Waals surface area contributed by atoms with E-state index in [0.717, 1.165) is 5.69 Å². The summed E-state index contributed by atoms with van der Waals surface area (Å²) < 4.78 is 0. The molecule has 0 aliphatic carbocycles. The van der Waals surface area contributed by atoms with Crippen LogP contribution in [0.15, 0.2) is 54.0 Å². The van der Waals surface area contributed by atoms with E-state index in [1.54, 1.807) is 11.3 Å².